The molecular weight excluding hydrogens is 755 g/mol. The van der Waals surface area contributed by atoms with Gasteiger partial charge in [-0.15, -0.1) is 6.58 Å². The molecule has 14 nitrogen and oxygen atoms in total. The summed E-state index contributed by atoms with van der Waals surface area (Å²) in [6, 6.07) is 6.06. The van der Waals surface area contributed by atoms with E-state index in [1.807, 2.05) is 45.0 Å². The Morgan fingerprint density at radius 2 is 1.83 bits per heavy atom. The van der Waals surface area contributed by atoms with Crippen molar-refractivity contribution in [2.45, 2.75) is 122 Å². The Balaban J connectivity index is 0.999. The quantitative estimate of drug-likeness (QED) is 0.102. The second kappa shape index (κ2) is 19.8. The summed E-state index contributed by atoms with van der Waals surface area (Å²) in [5, 5.41) is 6.69. The minimum absolute atomic E-state index is 0.113. The van der Waals surface area contributed by atoms with E-state index in [4.69, 9.17) is 18.9 Å². The Hall–Kier alpha value is -4.43. The number of esters is 1. The Morgan fingerprint density at radius 1 is 1.05 bits per heavy atom. The molecule has 0 radical (unpaired) electrons. The van der Waals surface area contributed by atoms with E-state index in [0.717, 1.165) is 88.7 Å². The summed E-state index contributed by atoms with van der Waals surface area (Å²) < 4.78 is 23.1. The van der Waals surface area contributed by atoms with Gasteiger partial charge in [0.2, 0.25) is 11.8 Å². The summed E-state index contributed by atoms with van der Waals surface area (Å²) in [4.78, 5) is 74.2. The number of ether oxygens (including phenoxy) is 4. The zero-order chi connectivity index (χ0) is 42.2. The maximum absolute atomic E-state index is 14.1. The van der Waals surface area contributed by atoms with E-state index in [2.05, 4.69) is 27.1 Å². The second-order valence-electron chi connectivity index (χ2n) is 17.7. The minimum Gasteiger partial charge on any atom is -0.491 e. The molecule has 2 saturated carbocycles. The van der Waals surface area contributed by atoms with Crippen LogP contribution in [-0.4, -0.2) is 115 Å². The molecule has 59 heavy (non-hydrogen) atoms. The number of carbonyl (C=O) groups is 4. The molecule has 6 rings (SSSR count). The fourth-order valence-corrected chi connectivity index (χ4v) is 9.09. The van der Waals surface area contributed by atoms with Gasteiger partial charge in [0, 0.05) is 37.5 Å². The first kappa shape index (κ1) is 44.1. The van der Waals surface area contributed by atoms with E-state index in [-0.39, 0.29) is 36.0 Å². The summed E-state index contributed by atoms with van der Waals surface area (Å²) in [7, 11) is 0. The van der Waals surface area contributed by atoms with E-state index < -0.39 is 41.0 Å². The highest BCUT2D eigenvalue weighted by atomic mass is 16.6. The average Bonchev–Trinajstić information content (AvgIpc) is 3.47. The number of unbranched alkanes of at least 4 members (excludes halogenated alkanes) is 2. The van der Waals surface area contributed by atoms with Crippen molar-refractivity contribution < 1.29 is 38.1 Å². The monoisotopic (exact) mass is 819 g/mol. The summed E-state index contributed by atoms with van der Waals surface area (Å²) >= 11 is 0. The Bertz CT molecular complexity index is 1870. The van der Waals surface area contributed by atoms with Gasteiger partial charge in [-0.25, -0.2) is 9.59 Å². The van der Waals surface area contributed by atoms with Crippen molar-refractivity contribution in [3.05, 3.63) is 52.8 Å². The summed E-state index contributed by atoms with van der Waals surface area (Å²) in [6.07, 6.45) is 9.03. The lowest BCUT2D eigenvalue weighted by Crippen LogP contribution is -2.59. The van der Waals surface area contributed by atoms with E-state index in [1.54, 1.807) is 13.0 Å². The predicted octanol–water partition coefficient (Wildman–Crippen LogP) is 5.27. The maximum Gasteiger partial charge on any atom is 0.408 e. The maximum atomic E-state index is 14.1. The van der Waals surface area contributed by atoms with Crippen molar-refractivity contribution in [1.29, 1.82) is 0 Å². The van der Waals surface area contributed by atoms with Gasteiger partial charge in [0.05, 0.1) is 30.9 Å². The number of benzene rings is 1. The number of likely N-dealkylation sites (tertiary alicyclic amines) is 1. The Labute approximate surface area is 348 Å². The summed E-state index contributed by atoms with van der Waals surface area (Å²) in [5.74, 6) is -0.621. The lowest BCUT2D eigenvalue weighted by molar-refractivity contribution is -0.150. The van der Waals surface area contributed by atoms with Crippen molar-refractivity contribution in [1.82, 2.24) is 25.4 Å². The minimum atomic E-state index is -1.16. The molecule has 0 spiro atoms. The lowest BCUT2D eigenvalue weighted by Gasteiger charge is -2.35. The van der Waals surface area contributed by atoms with E-state index in [1.165, 1.54) is 4.90 Å². The number of nitrogens with zero attached hydrogens (tertiary/aromatic N) is 2. The number of pyridine rings is 1. The third-order valence-electron chi connectivity index (χ3n) is 12.6. The zero-order valence-electron chi connectivity index (χ0n) is 35.5. The van der Waals surface area contributed by atoms with Gasteiger partial charge < -0.3 is 39.5 Å². The number of H-pyrrole nitrogens is 1. The summed E-state index contributed by atoms with van der Waals surface area (Å²) in [6.45, 7) is 16.2. The number of amides is 3. The first-order valence-corrected chi connectivity index (χ1v) is 21.8. The molecular formula is C45H65N5O9. The van der Waals surface area contributed by atoms with E-state index in [9.17, 15) is 24.0 Å². The number of carbonyl (C=O) groups excluding carboxylic acids is 4. The van der Waals surface area contributed by atoms with Gasteiger partial charge in [-0.1, -0.05) is 51.8 Å². The van der Waals surface area contributed by atoms with Gasteiger partial charge in [0.15, 0.2) is 0 Å². The van der Waals surface area contributed by atoms with Crippen LogP contribution in [0.15, 0.2) is 41.7 Å². The molecule has 6 atom stereocenters. The van der Waals surface area contributed by atoms with Crippen molar-refractivity contribution >= 4 is 34.8 Å². The van der Waals surface area contributed by atoms with Crippen molar-refractivity contribution in [2.75, 3.05) is 52.6 Å². The first-order valence-electron chi connectivity index (χ1n) is 21.8. The number of morpholine rings is 1. The number of rotatable bonds is 18. The summed E-state index contributed by atoms with van der Waals surface area (Å²) in [5.41, 5.74) is -0.503. The standard InChI is InChI=1S/C45H65N5O9/c1-6-31-29-45(31,42(54)57-7-2)48-40(52)35-20-14-22-50(35)41(53)38(44(3,4)5)47-43(55)59-36-21-13-16-30(36)15-9-8-10-18-33-37(58-28-25-49-23-26-56-27-24-49)32-17-11-12-19-34(32)46-39(33)51/h6,11-12,17,19,30-31,35-36,38H,1,7-10,13-16,18,20-29H2,2-5H3,(H,46,51)(H,47,55)(H,48,52)/t30-,31-,35+,36?,38-,45-/m1/s1. The molecule has 3 N–H and O–H groups in total. The molecule has 14 heteroatoms. The molecule has 3 amide bonds. The van der Waals surface area contributed by atoms with Gasteiger partial charge in [-0.3, -0.25) is 19.3 Å². The fourth-order valence-electron chi connectivity index (χ4n) is 9.09. The molecule has 2 saturated heterocycles. The number of aromatic nitrogens is 1. The van der Waals surface area contributed by atoms with Crippen LogP contribution >= 0.6 is 0 Å². The Morgan fingerprint density at radius 3 is 2.56 bits per heavy atom. The molecule has 3 heterocycles. The first-order chi connectivity index (χ1) is 28.4. The number of para-hydroxylation sites is 1. The third kappa shape index (κ3) is 10.7. The second-order valence-corrected chi connectivity index (χ2v) is 17.7. The van der Waals surface area contributed by atoms with E-state index >= 15 is 0 Å². The van der Waals surface area contributed by atoms with Crippen LogP contribution in [0.4, 0.5) is 4.79 Å². The molecule has 1 aromatic carbocycles. The van der Waals surface area contributed by atoms with Crippen LogP contribution in [0.2, 0.25) is 0 Å². The molecule has 1 unspecified atom stereocenters. The van der Waals surface area contributed by atoms with Crippen LogP contribution in [0.3, 0.4) is 0 Å². The van der Waals surface area contributed by atoms with Gasteiger partial charge >= 0.3 is 12.1 Å². The van der Waals surface area contributed by atoms with Gasteiger partial charge in [0.1, 0.15) is 36.1 Å². The Kier molecular flexibility index (Phi) is 14.8. The van der Waals surface area contributed by atoms with Gasteiger partial charge in [-0.05, 0) is 88.2 Å². The number of hydrogen-bond acceptors (Lipinski definition) is 10. The lowest BCUT2D eigenvalue weighted by atomic mass is 9.85. The smallest absolute Gasteiger partial charge is 0.408 e. The highest BCUT2D eigenvalue weighted by molar-refractivity contribution is 5.96. The number of alkyl carbamates (subject to hydrolysis) is 1. The van der Waals surface area contributed by atoms with Crippen LogP contribution in [0.5, 0.6) is 5.75 Å². The van der Waals surface area contributed by atoms with E-state index in [0.29, 0.717) is 50.1 Å². The average molecular weight is 820 g/mol. The fraction of sp³-hybridized carbons (Fsp3) is 0.667. The molecule has 2 aromatic rings. The molecule has 0 bridgehead atoms. The molecule has 4 aliphatic rings. The predicted molar refractivity (Wildman–Crippen MR) is 224 cm³/mol. The highest BCUT2D eigenvalue weighted by Crippen LogP contribution is 2.46. The molecule has 1 aromatic heterocycles. The van der Waals surface area contributed by atoms with Crippen molar-refractivity contribution in [3.8, 4) is 5.75 Å². The highest BCUT2D eigenvalue weighted by Gasteiger charge is 2.62. The van der Waals surface area contributed by atoms with Crippen LogP contribution in [0.1, 0.15) is 97.5 Å². The van der Waals surface area contributed by atoms with Crippen molar-refractivity contribution in [3.63, 3.8) is 0 Å². The van der Waals surface area contributed by atoms with Crippen LogP contribution in [0, 0.1) is 17.3 Å². The third-order valence-corrected chi connectivity index (χ3v) is 12.6. The number of nitrogens with one attached hydrogen (secondary N) is 3. The normalized spacial score (nSPS) is 25.0. The largest absolute Gasteiger partial charge is 0.491 e. The molecule has 2 aliphatic heterocycles. The SMILES string of the molecule is C=C[C@@H]1C[C@]1(NC(=O)[C@@H]1CCCN1C(=O)[C@@H](NC(=O)OC1CCC[C@H]1CCCCCc1c(OCCN2CCOCC2)c2ccccc2[nH]c1=O)C(C)(C)C)C(=O)OCC. The van der Waals surface area contributed by atoms with Gasteiger partial charge in [0.25, 0.3) is 5.56 Å². The van der Waals surface area contributed by atoms with Crippen LogP contribution in [-0.2, 0) is 35.0 Å². The topological polar surface area (TPSA) is 169 Å². The number of aromatic amines is 1. The molecule has 324 valence electrons. The molecule has 2 aliphatic carbocycles. The van der Waals surface area contributed by atoms with Gasteiger partial charge in [-0.2, -0.15) is 0 Å². The zero-order valence-corrected chi connectivity index (χ0v) is 35.5. The number of fused-ring (bicyclic) bond motifs is 1. The van der Waals surface area contributed by atoms with Crippen LogP contribution < -0.4 is 20.9 Å². The van der Waals surface area contributed by atoms with Crippen LogP contribution in [0.25, 0.3) is 10.9 Å². The molecule has 4 fully saturated rings. The number of hydrogen-bond donors (Lipinski definition) is 3. The van der Waals surface area contributed by atoms with Crippen molar-refractivity contribution in [2.24, 2.45) is 17.3 Å².